The van der Waals surface area contributed by atoms with Gasteiger partial charge in [-0.1, -0.05) is 26.7 Å². The van der Waals surface area contributed by atoms with Gasteiger partial charge in [0.05, 0.1) is 13.1 Å². The highest BCUT2D eigenvalue weighted by atomic mass is 16.2. The number of hydrogen-bond acceptors (Lipinski definition) is 6. The van der Waals surface area contributed by atoms with Crippen LogP contribution in [-0.4, -0.2) is 85.5 Å². The second kappa shape index (κ2) is 16.0. The molecule has 1 rings (SSSR count). The van der Waals surface area contributed by atoms with Crippen LogP contribution in [0, 0.1) is 0 Å². The average molecular weight is 427 g/mol. The van der Waals surface area contributed by atoms with Crippen LogP contribution in [0.5, 0.6) is 0 Å². The Labute approximate surface area is 182 Å². The van der Waals surface area contributed by atoms with Crippen molar-refractivity contribution in [1.29, 1.82) is 0 Å². The number of ketones is 2. The third kappa shape index (κ3) is 10.8. The molecule has 1 saturated carbocycles. The van der Waals surface area contributed by atoms with Crippen LogP contribution in [0.25, 0.3) is 0 Å². The van der Waals surface area contributed by atoms with E-state index < -0.39 is 0 Å². The van der Waals surface area contributed by atoms with Crippen molar-refractivity contribution in [3.63, 3.8) is 0 Å². The minimum Gasteiger partial charge on any atom is -0.334 e. The van der Waals surface area contributed by atoms with E-state index in [0.717, 1.165) is 25.8 Å². The van der Waals surface area contributed by atoms with Gasteiger partial charge in [-0.25, -0.2) is 0 Å². The van der Waals surface area contributed by atoms with Gasteiger partial charge in [-0.2, -0.15) is 0 Å². The Balaban J connectivity index is 0.000000584. The summed E-state index contributed by atoms with van der Waals surface area (Å²) in [7, 11) is 3.76. The van der Waals surface area contributed by atoms with E-state index in [4.69, 9.17) is 0 Å². The molecule has 1 aliphatic rings. The number of hydrogen-bond donors (Lipinski definition) is 2. The first kappa shape index (κ1) is 28.2. The molecule has 174 valence electrons. The van der Waals surface area contributed by atoms with Gasteiger partial charge in [0.25, 0.3) is 0 Å². The van der Waals surface area contributed by atoms with Gasteiger partial charge in [0.2, 0.25) is 11.8 Å². The predicted octanol–water partition coefficient (Wildman–Crippen LogP) is 1.38. The normalized spacial score (nSPS) is 18.1. The Morgan fingerprint density at radius 1 is 0.867 bits per heavy atom. The number of nitrogens with zero attached hydrogens (tertiary/aromatic N) is 2. The molecule has 0 radical (unpaired) electrons. The van der Waals surface area contributed by atoms with Crippen molar-refractivity contribution in [3.05, 3.63) is 0 Å². The Hall–Kier alpha value is -1.80. The minimum absolute atomic E-state index is 0.0258. The summed E-state index contributed by atoms with van der Waals surface area (Å²) in [5, 5.41) is 6.23. The van der Waals surface area contributed by atoms with E-state index in [2.05, 4.69) is 10.6 Å². The molecule has 0 aromatic heterocycles. The van der Waals surface area contributed by atoms with Crippen molar-refractivity contribution >= 4 is 23.4 Å². The number of likely N-dealkylation sites (N-methyl/N-ethyl adjacent to an activating group) is 2. The molecule has 1 fully saturated rings. The second-order valence-corrected chi connectivity index (χ2v) is 7.80. The number of rotatable bonds is 11. The highest BCUT2D eigenvalue weighted by Crippen LogP contribution is 2.23. The van der Waals surface area contributed by atoms with Crippen LogP contribution in [0.2, 0.25) is 0 Å². The predicted molar refractivity (Wildman–Crippen MR) is 119 cm³/mol. The number of amides is 2. The van der Waals surface area contributed by atoms with Gasteiger partial charge >= 0.3 is 0 Å². The van der Waals surface area contributed by atoms with Gasteiger partial charge in [-0.05, 0) is 40.8 Å². The van der Waals surface area contributed by atoms with Crippen molar-refractivity contribution in [2.75, 3.05) is 40.3 Å². The molecule has 0 saturated heterocycles. The molecular formula is C22H42N4O4. The Morgan fingerprint density at radius 3 is 1.90 bits per heavy atom. The molecule has 0 aromatic rings. The quantitative estimate of drug-likeness (QED) is 0.518. The molecule has 1 aliphatic carbocycles. The van der Waals surface area contributed by atoms with Crippen LogP contribution in [-0.2, 0) is 19.2 Å². The largest absolute Gasteiger partial charge is 0.334 e. The molecule has 0 heterocycles. The fourth-order valence-electron chi connectivity index (χ4n) is 3.69. The third-order valence-electron chi connectivity index (χ3n) is 5.22. The van der Waals surface area contributed by atoms with Crippen LogP contribution in [0.15, 0.2) is 0 Å². The molecule has 8 heteroatoms. The molecule has 0 aromatic carbocycles. The van der Waals surface area contributed by atoms with Crippen molar-refractivity contribution in [3.8, 4) is 0 Å². The lowest BCUT2D eigenvalue weighted by atomic mass is 9.89. The second-order valence-electron chi connectivity index (χ2n) is 7.80. The number of carbonyl (C=O) groups excluding carboxylic acids is 4. The zero-order valence-corrected chi connectivity index (χ0v) is 19.8. The van der Waals surface area contributed by atoms with Crippen LogP contribution < -0.4 is 10.6 Å². The maximum absolute atomic E-state index is 12.0. The van der Waals surface area contributed by atoms with Gasteiger partial charge in [0.1, 0.15) is 11.6 Å². The molecule has 2 amide bonds. The lowest BCUT2D eigenvalue weighted by Crippen LogP contribution is -2.54. The molecular weight excluding hydrogens is 384 g/mol. The average Bonchev–Trinajstić information content (AvgIpc) is 2.73. The highest BCUT2D eigenvalue weighted by Gasteiger charge is 2.31. The fraction of sp³-hybridized carbons (Fsp3) is 0.818. The summed E-state index contributed by atoms with van der Waals surface area (Å²) in [6.45, 7) is 8.51. The number of carbonyl (C=O) groups is 4. The summed E-state index contributed by atoms with van der Waals surface area (Å²) in [6, 6.07) is 0.517. The SMILES string of the molecule is CCC(=O)N(CC(C)=O)C1CCCCC1NC.CCC(=O)N(CCNC)CC(C)=O. The van der Waals surface area contributed by atoms with Crippen LogP contribution >= 0.6 is 0 Å². The summed E-state index contributed by atoms with van der Waals surface area (Å²) in [4.78, 5) is 48.7. The van der Waals surface area contributed by atoms with Gasteiger partial charge in [-0.15, -0.1) is 0 Å². The lowest BCUT2D eigenvalue weighted by Gasteiger charge is -2.39. The van der Waals surface area contributed by atoms with Crippen LogP contribution in [0.3, 0.4) is 0 Å². The van der Waals surface area contributed by atoms with E-state index in [-0.39, 0.29) is 42.5 Å². The van der Waals surface area contributed by atoms with Gasteiger partial charge in [0, 0.05) is 38.0 Å². The summed E-state index contributed by atoms with van der Waals surface area (Å²) in [6.07, 6.45) is 5.37. The van der Waals surface area contributed by atoms with Crippen molar-refractivity contribution in [2.45, 2.75) is 78.3 Å². The summed E-state index contributed by atoms with van der Waals surface area (Å²) < 4.78 is 0. The standard InChI is InChI=1S/C13H24N2O2.C9H18N2O2/c1-4-13(17)15(9-10(2)16)12-8-6-5-7-11(12)14-3;1-4-9(13)11(6-5-10-3)7-8(2)12/h11-12,14H,4-9H2,1-3H3;10H,4-7H2,1-3H3. The van der Waals surface area contributed by atoms with Gasteiger partial charge < -0.3 is 20.4 Å². The summed E-state index contributed by atoms with van der Waals surface area (Å²) in [5.74, 6) is 0.211. The molecule has 8 nitrogen and oxygen atoms in total. The molecule has 2 N–H and O–H groups in total. The first-order chi connectivity index (χ1) is 14.2. The molecule has 0 bridgehead atoms. The molecule has 0 spiro atoms. The van der Waals surface area contributed by atoms with Gasteiger partial charge in [0.15, 0.2) is 0 Å². The highest BCUT2D eigenvalue weighted by molar-refractivity contribution is 5.85. The first-order valence-electron chi connectivity index (χ1n) is 11.1. The van der Waals surface area contributed by atoms with E-state index in [0.29, 0.717) is 25.4 Å². The van der Waals surface area contributed by atoms with E-state index in [9.17, 15) is 19.2 Å². The minimum atomic E-state index is 0.0258. The maximum Gasteiger partial charge on any atom is 0.222 e. The number of Topliss-reactive ketones (excluding diaryl/α,β-unsaturated/α-hetero) is 2. The van der Waals surface area contributed by atoms with Crippen molar-refractivity contribution < 1.29 is 19.2 Å². The summed E-state index contributed by atoms with van der Waals surface area (Å²) in [5.41, 5.74) is 0. The molecule has 0 aliphatic heterocycles. The maximum atomic E-state index is 12.0. The van der Waals surface area contributed by atoms with Gasteiger partial charge in [-0.3, -0.25) is 19.2 Å². The molecule has 2 atom stereocenters. The third-order valence-corrected chi connectivity index (χ3v) is 5.22. The topological polar surface area (TPSA) is 98.8 Å². The zero-order chi connectivity index (χ0) is 23.1. The van der Waals surface area contributed by atoms with Crippen molar-refractivity contribution in [1.82, 2.24) is 20.4 Å². The number of nitrogens with one attached hydrogen (secondary N) is 2. The first-order valence-corrected chi connectivity index (χ1v) is 11.1. The van der Waals surface area contributed by atoms with Crippen molar-refractivity contribution in [2.24, 2.45) is 0 Å². The van der Waals surface area contributed by atoms with Crippen LogP contribution in [0.4, 0.5) is 0 Å². The molecule has 30 heavy (non-hydrogen) atoms. The van der Waals surface area contributed by atoms with Crippen LogP contribution in [0.1, 0.15) is 66.2 Å². The Kier molecular flexibility index (Phi) is 15.0. The Bertz CT molecular complexity index is 553. The van der Waals surface area contributed by atoms with E-state index in [1.807, 2.05) is 21.0 Å². The summed E-state index contributed by atoms with van der Waals surface area (Å²) >= 11 is 0. The fourth-order valence-corrected chi connectivity index (χ4v) is 3.69. The van der Waals surface area contributed by atoms with E-state index in [1.165, 1.54) is 13.3 Å². The zero-order valence-electron chi connectivity index (χ0n) is 19.8. The van der Waals surface area contributed by atoms with E-state index in [1.54, 1.807) is 23.6 Å². The monoisotopic (exact) mass is 426 g/mol. The molecule has 2 unspecified atom stereocenters. The smallest absolute Gasteiger partial charge is 0.222 e. The van der Waals surface area contributed by atoms with E-state index >= 15 is 0 Å². The lowest BCUT2D eigenvalue weighted by molar-refractivity contribution is -0.138. The Morgan fingerprint density at radius 2 is 1.43 bits per heavy atom.